The largest absolute Gasteiger partial charge is 4.00 e. The summed E-state index contributed by atoms with van der Waals surface area (Å²) in [7, 11) is 0. The maximum atomic E-state index is 6.61. The Bertz CT molecular complexity index is 995. The van der Waals surface area contributed by atoms with Gasteiger partial charge >= 0.3 is 21.1 Å². The molecule has 33 heavy (non-hydrogen) atoms. The fraction of sp³-hybridized carbons (Fsp3) is 0. The summed E-state index contributed by atoms with van der Waals surface area (Å²) in [6.07, 6.45) is 44.3. The van der Waals surface area contributed by atoms with Crippen molar-refractivity contribution >= 4 is 0 Å². The maximum absolute atomic E-state index is 6.61. The quantitative estimate of drug-likeness (QED) is 0.220. The predicted molar refractivity (Wildman–Crippen MR) is 113 cm³/mol. The van der Waals surface area contributed by atoms with Gasteiger partial charge in [0.05, 0.1) is 0 Å². The van der Waals surface area contributed by atoms with Gasteiger partial charge in [0.2, 0.25) is 0 Å². The van der Waals surface area contributed by atoms with Crippen molar-refractivity contribution in [1.82, 2.24) is 39.9 Å². The van der Waals surface area contributed by atoms with Crippen LogP contribution in [-0.2, 0) is 21.1 Å². The molecule has 0 saturated heterocycles. The third-order valence-electron chi connectivity index (χ3n) is 2.82. The van der Waals surface area contributed by atoms with E-state index in [1.807, 2.05) is 0 Å². The van der Waals surface area contributed by atoms with E-state index < -0.39 is 0 Å². The van der Waals surface area contributed by atoms with Gasteiger partial charge in [0, 0.05) is 0 Å². The molecular formula is C24H12N8Pt. The zero-order valence-electron chi connectivity index (χ0n) is 16.8. The minimum absolute atomic E-state index is 0. The number of hydrogen-bond acceptors (Lipinski definition) is 8. The second kappa shape index (κ2) is 19.2. The van der Waals surface area contributed by atoms with Crippen molar-refractivity contribution in [1.29, 1.82) is 0 Å². The molecule has 0 atom stereocenters. The Kier molecular flexibility index (Phi) is 16.5. The summed E-state index contributed by atoms with van der Waals surface area (Å²) in [5, 5.41) is 0. The standard InChI is InChI=1S/4C6H3N2.Pt/c4*1-2-6-3-7-5-8-4-6;/h4*3-5H;/q4*-1;+4. The van der Waals surface area contributed by atoms with Gasteiger partial charge in [0.1, 0.15) is 25.3 Å². The number of aromatic nitrogens is 8. The minimum atomic E-state index is 0. The maximum Gasteiger partial charge on any atom is 4.00 e. The summed E-state index contributed by atoms with van der Waals surface area (Å²) < 4.78 is 0. The topological polar surface area (TPSA) is 103 Å². The van der Waals surface area contributed by atoms with Gasteiger partial charge in [-0.3, -0.25) is 63.6 Å². The van der Waals surface area contributed by atoms with Crippen LogP contribution in [0.15, 0.2) is 74.9 Å². The Hall–Kier alpha value is -4.75. The molecule has 4 rings (SSSR count). The zero-order chi connectivity index (χ0) is 23.3. The molecule has 4 heterocycles. The summed E-state index contributed by atoms with van der Waals surface area (Å²) >= 11 is 0. The third-order valence-corrected chi connectivity index (χ3v) is 2.82. The van der Waals surface area contributed by atoms with E-state index in [9.17, 15) is 0 Å². The molecular weight excluding hydrogens is 595 g/mol. The summed E-state index contributed by atoms with van der Waals surface area (Å²) in [4.78, 5) is 29.3. The van der Waals surface area contributed by atoms with Crippen molar-refractivity contribution in [3.05, 3.63) is 123 Å². The molecule has 0 radical (unpaired) electrons. The molecule has 0 bridgehead atoms. The van der Waals surface area contributed by atoms with E-state index in [1.165, 1.54) is 74.9 Å². The molecule has 9 heteroatoms. The van der Waals surface area contributed by atoms with Gasteiger partial charge in [0.15, 0.2) is 0 Å². The van der Waals surface area contributed by atoms with Crippen molar-refractivity contribution in [3.63, 3.8) is 0 Å². The Morgan fingerprint density at radius 3 is 0.606 bits per heavy atom. The van der Waals surface area contributed by atoms with Gasteiger partial charge in [-0.15, -0.1) is 0 Å². The van der Waals surface area contributed by atoms with Crippen LogP contribution < -0.4 is 0 Å². The molecule has 0 aliphatic carbocycles. The molecule has 158 valence electrons. The second-order valence-corrected chi connectivity index (χ2v) is 5.01. The van der Waals surface area contributed by atoms with E-state index in [1.54, 1.807) is 0 Å². The molecule has 8 nitrogen and oxygen atoms in total. The molecule has 0 N–H and O–H groups in total. The molecule has 0 spiro atoms. The Balaban J connectivity index is 0.000000410. The van der Waals surface area contributed by atoms with E-state index in [4.69, 9.17) is 25.7 Å². The molecule has 0 fully saturated rings. The van der Waals surface area contributed by atoms with Crippen LogP contribution in [0.3, 0.4) is 0 Å². The van der Waals surface area contributed by atoms with Crippen LogP contribution in [-0.4, -0.2) is 39.9 Å². The van der Waals surface area contributed by atoms with Crippen LogP contribution in [0.5, 0.6) is 0 Å². The minimum Gasteiger partial charge on any atom is -0.366 e. The van der Waals surface area contributed by atoms with Crippen LogP contribution in [0.2, 0.25) is 0 Å². The number of nitrogens with zero attached hydrogens (tertiary/aromatic N) is 8. The first-order chi connectivity index (χ1) is 15.7. The summed E-state index contributed by atoms with van der Waals surface area (Å²) in [6, 6.07) is 0. The molecule has 0 aliphatic rings. The molecule has 0 aliphatic heterocycles. The van der Waals surface area contributed by atoms with Gasteiger partial charge in [0.25, 0.3) is 0 Å². The number of rotatable bonds is 0. The predicted octanol–water partition coefficient (Wildman–Crippen LogP) is 1.66. The van der Waals surface area contributed by atoms with E-state index in [2.05, 4.69) is 63.6 Å². The van der Waals surface area contributed by atoms with Crippen LogP contribution in [0.25, 0.3) is 0 Å². The molecule has 4 aromatic heterocycles. The monoisotopic (exact) mass is 607 g/mol. The van der Waals surface area contributed by atoms with E-state index in [-0.39, 0.29) is 21.1 Å². The SMILES string of the molecule is [C-]#Cc1cncnc1.[C-]#Cc1cncnc1.[C-]#Cc1cncnc1.[C-]#Cc1cncnc1.[Pt+4]. The molecule has 0 saturated carbocycles. The summed E-state index contributed by atoms with van der Waals surface area (Å²) in [5.74, 6) is 8.61. The average molecular weight is 607 g/mol. The van der Waals surface area contributed by atoms with Gasteiger partial charge in [-0.05, 0) is 49.6 Å². The van der Waals surface area contributed by atoms with Crippen molar-refractivity contribution < 1.29 is 21.1 Å². The molecule has 0 aromatic carbocycles. The van der Waals surface area contributed by atoms with Crippen molar-refractivity contribution in [3.8, 4) is 23.7 Å². The van der Waals surface area contributed by atoms with E-state index >= 15 is 0 Å². The smallest absolute Gasteiger partial charge is 0.366 e. The molecule has 4 aromatic rings. The zero-order valence-corrected chi connectivity index (χ0v) is 19.1. The van der Waals surface area contributed by atoms with Gasteiger partial charge in [-0.2, -0.15) is 0 Å². The van der Waals surface area contributed by atoms with Gasteiger partial charge in [-0.25, -0.2) is 0 Å². The van der Waals surface area contributed by atoms with Gasteiger partial charge < -0.3 is 25.7 Å². The normalized spacial score (nSPS) is 7.64. The van der Waals surface area contributed by atoms with E-state index in [0.29, 0.717) is 22.3 Å². The van der Waals surface area contributed by atoms with Crippen LogP contribution in [0, 0.1) is 49.4 Å². The fourth-order valence-corrected chi connectivity index (χ4v) is 1.45. The molecule has 0 amide bonds. The summed E-state index contributed by atoms with van der Waals surface area (Å²) in [6.45, 7) is 0. The first-order valence-corrected chi connectivity index (χ1v) is 8.44. The van der Waals surface area contributed by atoms with Crippen molar-refractivity contribution in [2.75, 3.05) is 0 Å². The Labute approximate surface area is 207 Å². The van der Waals surface area contributed by atoms with Crippen molar-refractivity contribution in [2.24, 2.45) is 0 Å². The first kappa shape index (κ1) is 28.2. The van der Waals surface area contributed by atoms with E-state index in [0.717, 1.165) is 0 Å². The van der Waals surface area contributed by atoms with Crippen LogP contribution in [0.1, 0.15) is 22.3 Å². The Morgan fingerprint density at radius 1 is 0.364 bits per heavy atom. The second-order valence-electron chi connectivity index (χ2n) is 5.01. The summed E-state index contributed by atoms with van der Waals surface area (Å²) in [5.41, 5.74) is 2.42. The Morgan fingerprint density at radius 2 is 0.515 bits per heavy atom. The van der Waals surface area contributed by atoms with Crippen LogP contribution in [0.4, 0.5) is 0 Å². The molecule has 0 unspecified atom stereocenters. The van der Waals surface area contributed by atoms with Gasteiger partial charge in [-0.1, -0.05) is 22.3 Å². The van der Waals surface area contributed by atoms with Crippen LogP contribution >= 0.6 is 0 Å². The first-order valence-electron chi connectivity index (χ1n) is 8.44. The third kappa shape index (κ3) is 14.0. The number of hydrogen-bond donors (Lipinski definition) is 0. The average Bonchev–Trinajstić information content (AvgIpc) is 2.91. The fourth-order valence-electron chi connectivity index (χ4n) is 1.45. The van der Waals surface area contributed by atoms with Crippen molar-refractivity contribution in [2.45, 2.75) is 0 Å².